The molecule has 2 aromatic rings. The van der Waals surface area contributed by atoms with Crippen LogP contribution in [0.5, 0.6) is 0 Å². The Morgan fingerprint density at radius 3 is 2.95 bits per heavy atom. The van der Waals surface area contributed by atoms with E-state index in [0.29, 0.717) is 12.5 Å². The lowest BCUT2D eigenvalue weighted by atomic mass is 10.2. The minimum absolute atomic E-state index is 0.624. The Bertz CT molecular complexity index is 554. The molecule has 0 amide bonds. The van der Waals surface area contributed by atoms with Crippen LogP contribution < -0.4 is 5.32 Å². The van der Waals surface area contributed by atoms with Gasteiger partial charge in [0.15, 0.2) is 5.76 Å². The predicted molar refractivity (Wildman–Crippen MR) is 88.9 cm³/mol. The maximum atomic E-state index is 5.78. The third-order valence-electron chi connectivity index (χ3n) is 2.58. The second kappa shape index (κ2) is 6.85. The van der Waals surface area contributed by atoms with E-state index in [1.165, 1.54) is 3.57 Å². The standard InChI is InChI=1S/C14H16BrIN2O/c1-9(2)6-17-8-14-18-7-13(19-14)11-5-10(16)3-4-12(11)15/h3-5,7,9,17H,6,8H2,1-2H3. The fourth-order valence-corrected chi connectivity index (χ4v) is 2.60. The summed E-state index contributed by atoms with van der Waals surface area (Å²) in [6.07, 6.45) is 1.78. The third kappa shape index (κ3) is 4.29. The molecule has 19 heavy (non-hydrogen) atoms. The summed E-state index contributed by atoms with van der Waals surface area (Å²) in [4.78, 5) is 4.31. The van der Waals surface area contributed by atoms with E-state index in [9.17, 15) is 0 Å². The highest BCUT2D eigenvalue weighted by Crippen LogP contribution is 2.30. The molecular formula is C14H16BrIN2O. The summed E-state index contributed by atoms with van der Waals surface area (Å²) in [5.74, 6) is 2.15. The Balaban J connectivity index is 2.10. The normalized spacial score (nSPS) is 11.2. The van der Waals surface area contributed by atoms with Crippen LogP contribution in [0, 0.1) is 9.49 Å². The highest BCUT2D eigenvalue weighted by molar-refractivity contribution is 14.1. The molecule has 0 aliphatic rings. The molecule has 0 radical (unpaired) electrons. The average Bonchev–Trinajstić information content (AvgIpc) is 2.80. The second-order valence-electron chi connectivity index (χ2n) is 4.77. The molecule has 0 saturated carbocycles. The molecule has 0 saturated heterocycles. The number of nitrogens with zero attached hydrogens (tertiary/aromatic N) is 1. The largest absolute Gasteiger partial charge is 0.439 e. The third-order valence-corrected chi connectivity index (χ3v) is 3.94. The number of halogens is 2. The predicted octanol–water partition coefficient (Wildman–Crippen LogP) is 4.45. The second-order valence-corrected chi connectivity index (χ2v) is 6.87. The van der Waals surface area contributed by atoms with Crippen LogP contribution >= 0.6 is 38.5 Å². The monoisotopic (exact) mass is 434 g/mol. The van der Waals surface area contributed by atoms with Gasteiger partial charge in [0.05, 0.1) is 12.7 Å². The maximum absolute atomic E-state index is 5.78. The molecule has 1 heterocycles. The highest BCUT2D eigenvalue weighted by Gasteiger charge is 2.10. The Morgan fingerprint density at radius 1 is 1.42 bits per heavy atom. The van der Waals surface area contributed by atoms with E-state index in [2.05, 4.69) is 74.8 Å². The van der Waals surface area contributed by atoms with Crippen molar-refractivity contribution in [3.63, 3.8) is 0 Å². The molecule has 0 fully saturated rings. The van der Waals surface area contributed by atoms with Gasteiger partial charge in [-0.25, -0.2) is 4.98 Å². The zero-order chi connectivity index (χ0) is 13.8. The van der Waals surface area contributed by atoms with Crippen molar-refractivity contribution in [2.75, 3.05) is 6.54 Å². The Kier molecular flexibility index (Phi) is 5.41. The smallest absolute Gasteiger partial charge is 0.208 e. The number of hydrogen-bond acceptors (Lipinski definition) is 3. The Hall–Kier alpha value is -0.400. The SMILES string of the molecule is CC(C)CNCc1ncc(-c2cc(I)ccc2Br)o1. The lowest BCUT2D eigenvalue weighted by molar-refractivity contribution is 0.459. The lowest BCUT2D eigenvalue weighted by Crippen LogP contribution is -2.18. The topological polar surface area (TPSA) is 38.1 Å². The molecule has 0 aliphatic heterocycles. The van der Waals surface area contributed by atoms with Crippen LogP contribution in [-0.4, -0.2) is 11.5 Å². The van der Waals surface area contributed by atoms with E-state index in [-0.39, 0.29) is 0 Å². The molecule has 0 spiro atoms. The van der Waals surface area contributed by atoms with Gasteiger partial charge in [-0.05, 0) is 53.3 Å². The Labute approximate surface area is 135 Å². The van der Waals surface area contributed by atoms with Crippen molar-refractivity contribution < 1.29 is 4.42 Å². The summed E-state index contributed by atoms with van der Waals surface area (Å²) in [7, 11) is 0. The molecule has 0 bridgehead atoms. The molecule has 5 heteroatoms. The van der Waals surface area contributed by atoms with Crippen LogP contribution in [0.25, 0.3) is 11.3 Å². The number of oxazole rings is 1. The van der Waals surface area contributed by atoms with Gasteiger partial charge in [0.1, 0.15) is 0 Å². The van der Waals surface area contributed by atoms with E-state index in [0.717, 1.165) is 28.2 Å². The quantitative estimate of drug-likeness (QED) is 0.706. The summed E-state index contributed by atoms with van der Waals surface area (Å²) in [5.41, 5.74) is 1.04. The van der Waals surface area contributed by atoms with Crippen molar-refractivity contribution in [3.8, 4) is 11.3 Å². The first-order chi connectivity index (χ1) is 9.06. The van der Waals surface area contributed by atoms with Crippen molar-refractivity contribution in [1.82, 2.24) is 10.3 Å². The van der Waals surface area contributed by atoms with Crippen LogP contribution in [0.15, 0.2) is 33.3 Å². The molecule has 0 atom stereocenters. The molecule has 3 nitrogen and oxygen atoms in total. The van der Waals surface area contributed by atoms with Crippen molar-refractivity contribution >= 4 is 38.5 Å². The first-order valence-corrected chi connectivity index (χ1v) is 8.04. The van der Waals surface area contributed by atoms with Crippen LogP contribution in [-0.2, 0) is 6.54 Å². The Morgan fingerprint density at radius 2 is 2.21 bits per heavy atom. The minimum atomic E-state index is 0.624. The van der Waals surface area contributed by atoms with Crippen molar-refractivity contribution in [1.29, 1.82) is 0 Å². The van der Waals surface area contributed by atoms with Gasteiger partial charge in [-0.1, -0.05) is 29.8 Å². The van der Waals surface area contributed by atoms with Gasteiger partial charge in [0, 0.05) is 13.6 Å². The summed E-state index contributed by atoms with van der Waals surface area (Å²) >= 11 is 5.83. The number of nitrogens with one attached hydrogen (secondary N) is 1. The van der Waals surface area contributed by atoms with Gasteiger partial charge in [-0.15, -0.1) is 0 Å². The van der Waals surface area contributed by atoms with Crippen molar-refractivity contribution in [2.24, 2.45) is 5.92 Å². The highest BCUT2D eigenvalue weighted by atomic mass is 127. The van der Waals surface area contributed by atoms with E-state index < -0.39 is 0 Å². The molecule has 1 N–H and O–H groups in total. The summed E-state index contributed by atoms with van der Waals surface area (Å²) in [5, 5.41) is 3.32. The molecule has 0 unspecified atom stereocenters. The molecule has 1 aromatic carbocycles. The first kappa shape index (κ1) is 15.0. The molecular weight excluding hydrogens is 419 g/mol. The molecule has 2 rings (SSSR count). The van der Waals surface area contributed by atoms with Gasteiger partial charge in [-0.3, -0.25) is 0 Å². The van der Waals surface area contributed by atoms with E-state index in [1.54, 1.807) is 6.20 Å². The first-order valence-electron chi connectivity index (χ1n) is 6.17. The van der Waals surface area contributed by atoms with E-state index in [4.69, 9.17) is 4.42 Å². The van der Waals surface area contributed by atoms with Gasteiger partial charge >= 0.3 is 0 Å². The number of rotatable bonds is 5. The van der Waals surface area contributed by atoms with Crippen molar-refractivity contribution in [3.05, 3.63) is 38.3 Å². The zero-order valence-corrected chi connectivity index (χ0v) is 14.7. The minimum Gasteiger partial charge on any atom is -0.439 e. The average molecular weight is 435 g/mol. The number of hydrogen-bond donors (Lipinski definition) is 1. The lowest BCUT2D eigenvalue weighted by Gasteiger charge is -2.04. The van der Waals surface area contributed by atoms with Gasteiger partial charge < -0.3 is 9.73 Å². The fraction of sp³-hybridized carbons (Fsp3) is 0.357. The van der Waals surface area contributed by atoms with Crippen LogP contribution in [0.2, 0.25) is 0 Å². The molecule has 0 aliphatic carbocycles. The van der Waals surface area contributed by atoms with E-state index >= 15 is 0 Å². The summed E-state index contributed by atoms with van der Waals surface area (Å²) < 4.78 is 7.97. The fourth-order valence-electron chi connectivity index (χ4n) is 1.67. The van der Waals surface area contributed by atoms with Crippen LogP contribution in [0.1, 0.15) is 19.7 Å². The van der Waals surface area contributed by atoms with Crippen LogP contribution in [0.3, 0.4) is 0 Å². The zero-order valence-electron chi connectivity index (χ0n) is 10.9. The van der Waals surface area contributed by atoms with Crippen molar-refractivity contribution in [2.45, 2.75) is 20.4 Å². The van der Waals surface area contributed by atoms with E-state index in [1.807, 2.05) is 6.07 Å². The maximum Gasteiger partial charge on any atom is 0.208 e. The summed E-state index contributed by atoms with van der Waals surface area (Å²) in [6.45, 7) is 5.98. The van der Waals surface area contributed by atoms with Gasteiger partial charge in [-0.2, -0.15) is 0 Å². The molecule has 1 aromatic heterocycles. The number of benzene rings is 1. The number of aromatic nitrogens is 1. The van der Waals surface area contributed by atoms with Gasteiger partial charge in [0.2, 0.25) is 5.89 Å². The van der Waals surface area contributed by atoms with Gasteiger partial charge in [0.25, 0.3) is 0 Å². The summed E-state index contributed by atoms with van der Waals surface area (Å²) in [6, 6.07) is 6.16. The van der Waals surface area contributed by atoms with Crippen LogP contribution in [0.4, 0.5) is 0 Å². The molecule has 102 valence electrons.